The number of nitrogens with zero attached hydrogens (tertiary/aromatic N) is 3. The second-order valence-corrected chi connectivity index (χ2v) is 9.81. The minimum absolute atomic E-state index is 0.265. The molecule has 37 heavy (non-hydrogen) atoms. The molecular formula is C27H24ClF3N4OS. The third kappa shape index (κ3) is 8.11. The predicted octanol–water partition coefficient (Wildman–Crippen LogP) is 6.39. The van der Waals surface area contributed by atoms with Crippen LogP contribution in [0.4, 0.5) is 13.2 Å². The van der Waals surface area contributed by atoms with Crippen LogP contribution in [0.1, 0.15) is 37.9 Å². The van der Waals surface area contributed by atoms with Crippen molar-refractivity contribution in [1.29, 1.82) is 0 Å². The van der Waals surface area contributed by atoms with E-state index in [2.05, 4.69) is 15.3 Å². The molecule has 10 heteroatoms. The zero-order valence-electron chi connectivity index (χ0n) is 19.7. The smallest absolute Gasteiger partial charge is 0.350 e. The molecule has 2 heterocycles. The second kappa shape index (κ2) is 12.3. The van der Waals surface area contributed by atoms with Gasteiger partial charge in [0, 0.05) is 48.3 Å². The lowest BCUT2D eigenvalue weighted by Crippen LogP contribution is -2.26. The summed E-state index contributed by atoms with van der Waals surface area (Å²) in [4.78, 5) is 23.3. The van der Waals surface area contributed by atoms with E-state index in [1.54, 1.807) is 23.7 Å². The molecule has 0 saturated heterocycles. The molecule has 0 unspecified atom stereocenters. The fourth-order valence-electron chi connectivity index (χ4n) is 3.79. The Bertz CT molecular complexity index is 1330. The number of alkyl halides is 3. The van der Waals surface area contributed by atoms with Gasteiger partial charge in [-0.2, -0.15) is 13.2 Å². The first-order valence-corrected chi connectivity index (χ1v) is 12.8. The molecule has 1 amide bonds. The fraction of sp³-hybridized carbons (Fsp3) is 0.222. The van der Waals surface area contributed by atoms with Crippen LogP contribution in [-0.4, -0.2) is 27.3 Å². The second-order valence-electron chi connectivity index (χ2n) is 8.43. The highest BCUT2D eigenvalue weighted by molar-refractivity contribution is 7.09. The van der Waals surface area contributed by atoms with E-state index < -0.39 is 11.7 Å². The highest BCUT2D eigenvalue weighted by Gasteiger charge is 2.30. The first-order valence-electron chi connectivity index (χ1n) is 11.5. The van der Waals surface area contributed by atoms with Crippen molar-refractivity contribution in [3.63, 3.8) is 0 Å². The summed E-state index contributed by atoms with van der Waals surface area (Å²) >= 11 is 7.47. The van der Waals surface area contributed by atoms with Crippen molar-refractivity contribution in [3.05, 3.63) is 116 Å². The predicted molar refractivity (Wildman–Crippen MR) is 138 cm³/mol. The SMILES string of the molecule is O=C(NCCc1ccccn1)c1csc(CN(Cc2cccc(Cl)c2)Cc2cccc(C(F)(F)F)c2)n1. The van der Waals surface area contributed by atoms with Crippen molar-refractivity contribution >= 4 is 28.8 Å². The molecule has 192 valence electrons. The Labute approximate surface area is 222 Å². The molecule has 0 aliphatic rings. The Morgan fingerprint density at radius 2 is 1.73 bits per heavy atom. The van der Waals surface area contributed by atoms with Crippen LogP contribution in [-0.2, 0) is 32.2 Å². The molecule has 5 nitrogen and oxygen atoms in total. The molecule has 2 aromatic carbocycles. The molecule has 4 aromatic rings. The molecule has 0 aliphatic heterocycles. The van der Waals surface area contributed by atoms with Crippen molar-refractivity contribution in [1.82, 2.24) is 20.2 Å². The third-order valence-corrected chi connectivity index (χ3v) is 6.56. The quantitative estimate of drug-likeness (QED) is 0.251. The monoisotopic (exact) mass is 544 g/mol. The van der Waals surface area contributed by atoms with Gasteiger partial charge in [0.15, 0.2) is 0 Å². The number of amides is 1. The van der Waals surface area contributed by atoms with Gasteiger partial charge in [0.05, 0.1) is 12.1 Å². The summed E-state index contributed by atoms with van der Waals surface area (Å²) in [6.45, 7) is 1.50. The maximum absolute atomic E-state index is 13.2. The van der Waals surface area contributed by atoms with Crippen molar-refractivity contribution in [2.24, 2.45) is 0 Å². The maximum Gasteiger partial charge on any atom is 0.416 e. The fourth-order valence-corrected chi connectivity index (χ4v) is 4.81. The van der Waals surface area contributed by atoms with Crippen molar-refractivity contribution in [2.75, 3.05) is 6.54 Å². The van der Waals surface area contributed by atoms with Crippen molar-refractivity contribution in [3.8, 4) is 0 Å². The number of aromatic nitrogens is 2. The molecule has 4 rings (SSSR count). The number of hydrogen-bond acceptors (Lipinski definition) is 5. The summed E-state index contributed by atoms with van der Waals surface area (Å²) in [6, 6.07) is 18.3. The van der Waals surface area contributed by atoms with E-state index in [4.69, 9.17) is 11.6 Å². The summed E-state index contributed by atoms with van der Waals surface area (Å²) < 4.78 is 39.7. The zero-order valence-corrected chi connectivity index (χ0v) is 21.3. The van der Waals surface area contributed by atoms with Gasteiger partial charge in [0.25, 0.3) is 5.91 Å². The Morgan fingerprint density at radius 3 is 2.43 bits per heavy atom. The van der Waals surface area contributed by atoms with E-state index in [0.29, 0.717) is 47.3 Å². The lowest BCUT2D eigenvalue weighted by atomic mass is 10.1. The highest BCUT2D eigenvalue weighted by Crippen LogP contribution is 2.30. The average Bonchev–Trinajstić information content (AvgIpc) is 3.33. The van der Waals surface area contributed by atoms with Gasteiger partial charge in [-0.3, -0.25) is 14.7 Å². The van der Waals surface area contributed by atoms with E-state index >= 15 is 0 Å². The Balaban J connectivity index is 1.44. The Morgan fingerprint density at radius 1 is 0.973 bits per heavy atom. The van der Waals surface area contributed by atoms with Gasteiger partial charge in [-0.05, 0) is 41.5 Å². The van der Waals surface area contributed by atoms with E-state index in [0.717, 1.165) is 23.4 Å². The lowest BCUT2D eigenvalue weighted by molar-refractivity contribution is -0.137. The average molecular weight is 545 g/mol. The standard InChI is InChI=1S/C27H24ClF3N4OS/c28-22-8-4-6-20(14-22)16-35(15-19-5-3-7-21(13-19)27(29,30)31)17-25-34-24(18-37-25)26(36)33-12-10-23-9-1-2-11-32-23/h1-9,11,13-14,18H,10,12,15-17H2,(H,33,36). The third-order valence-electron chi connectivity index (χ3n) is 5.49. The summed E-state index contributed by atoms with van der Waals surface area (Å²) in [6.07, 6.45) is -2.10. The van der Waals surface area contributed by atoms with Crippen LogP contribution in [0.15, 0.2) is 78.3 Å². The number of hydrogen-bond donors (Lipinski definition) is 1. The number of rotatable bonds is 10. The molecule has 0 bridgehead atoms. The number of thiazole rings is 1. The van der Waals surface area contributed by atoms with Crippen LogP contribution in [0.2, 0.25) is 5.02 Å². The number of carbonyl (C=O) groups excluding carboxylic acids is 1. The highest BCUT2D eigenvalue weighted by atomic mass is 35.5. The molecular weight excluding hydrogens is 521 g/mol. The number of benzene rings is 2. The number of carbonyl (C=O) groups is 1. The van der Waals surface area contributed by atoms with Crippen molar-refractivity contribution < 1.29 is 18.0 Å². The van der Waals surface area contributed by atoms with E-state index in [1.165, 1.54) is 17.4 Å². The van der Waals surface area contributed by atoms with E-state index in [1.807, 2.05) is 41.3 Å². The van der Waals surface area contributed by atoms with Gasteiger partial charge in [0.1, 0.15) is 10.7 Å². The normalized spacial score (nSPS) is 11.6. The largest absolute Gasteiger partial charge is 0.416 e. The topological polar surface area (TPSA) is 58.1 Å². The summed E-state index contributed by atoms with van der Waals surface area (Å²) in [5, 5.41) is 5.80. The molecule has 0 spiro atoms. The Kier molecular flexibility index (Phi) is 8.91. The number of halogens is 4. The van der Waals surface area contributed by atoms with Crippen LogP contribution in [0, 0.1) is 0 Å². The minimum atomic E-state index is -4.41. The Hall–Kier alpha value is -3.27. The summed E-state index contributed by atoms with van der Waals surface area (Å²) in [5.74, 6) is -0.280. The maximum atomic E-state index is 13.2. The molecule has 0 aliphatic carbocycles. The van der Waals surface area contributed by atoms with E-state index in [9.17, 15) is 18.0 Å². The van der Waals surface area contributed by atoms with Gasteiger partial charge < -0.3 is 5.32 Å². The van der Waals surface area contributed by atoms with Crippen LogP contribution in [0.3, 0.4) is 0 Å². The van der Waals surface area contributed by atoms with Crippen LogP contribution >= 0.6 is 22.9 Å². The van der Waals surface area contributed by atoms with Gasteiger partial charge in [-0.1, -0.05) is 48.0 Å². The van der Waals surface area contributed by atoms with Crippen LogP contribution < -0.4 is 5.32 Å². The lowest BCUT2D eigenvalue weighted by Gasteiger charge is -2.22. The van der Waals surface area contributed by atoms with Crippen LogP contribution in [0.25, 0.3) is 0 Å². The molecule has 0 fully saturated rings. The molecule has 2 aromatic heterocycles. The number of pyridine rings is 1. The van der Waals surface area contributed by atoms with Gasteiger partial charge >= 0.3 is 6.18 Å². The van der Waals surface area contributed by atoms with E-state index in [-0.39, 0.29) is 12.5 Å². The van der Waals surface area contributed by atoms with Crippen LogP contribution in [0.5, 0.6) is 0 Å². The summed E-state index contributed by atoms with van der Waals surface area (Å²) in [5.41, 5.74) is 1.95. The van der Waals surface area contributed by atoms with Gasteiger partial charge in [-0.15, -0.1) is 11.3 Å². The zero-order chi connectivity index (χ0) is 26.3. The molecule has 0 radical (unpaired) electrons. The first kappa shape index (κ1) is 26.8. The van der Waals surface area contributed by atoms with Crippen molar-refractivity contribution in [2.45, 2.75) is 32.2 Å². The number of nitrogens with one attached hydrogen (secondary N) is 1. The first-order chi connectivity index (χ1) is 17.8. The van der Waals surface area contributed by atoms with Gasteiger partial charge in [-0.25, -0.2) is 4.98 Å². The molecule has 1 N–H and O–H groups in total. The summed E-state index contributed by atoms with van der Waals surface area (Å²) in [7, 11) is 0. The molecule has 0 atom stereocenters. The van der Waals surface area contributed by atoms with Gasteiger partial charge in [0.2, 0.25) is 0 Å². The minimum Gasteiger partial charge on any atom is -0.350 e. The molecule has 0 saturated carbocycles.